The van der Waals surface area contributed by atoms with Crippen LogP contribution in [0, 0.1) is 0 Å². The van der Waals surface area contributed by atoms with E-state index in [1.165, 1.54) is 11.1 Å². The second-order valence-electron chi connectivity index (χ2n) is 6.85. The van der Waals surface area contributed by atoms with E-state index in [0.29, 0.717) is 11.0 Å². The van der Waals surface area contributed by atoms with E-state index in [4.69, 9.17) is 4.42 Å². The van der Waals surface area contributed by atoms with Crippen LogP contribution in [0.1, 0.15) is 0 Å². The summed E-state index contributed by atoms with van der Waals surface area (Å²) < 4.78 is 5.98. The fourth-order valence-electron chi connectivity index (χ4n) is 3.69. The molecular formula is C24H17BO3. The maximum atomic E-state index is 9.59. The van der Waals surface area contributed by atoms with Crippen LogP contribution in [0.15, 0.2) is 95.4 Å². The third kappa shape index (κ3) is 2.80. The van der Waals surface area contributed by atoms with Gasteiger partial charge in [0.25, 0.3) is 0 Å². The van der Waals surface area contributed by atoms with E-state index in [1.807, 2.05) is 42.5 Å². The van der Waals surface area contributed by atoms with Crippen LogP contribution in [0.3, 0.4) is 0 Å². The molecule has 0 radical (unpaired) electrons. The third-order valence-corrected chi connectivity index (χ3v) is 5.13. The molecule has 2 N–H and O–H groups in total. The lowest BCUT2D eigenvalue weighted by Crippen LogP contribution is -2.29. The molecule has 0 amide bonds. The number of hydrogen-bond donors (Lipinski definition) is 2. The minimum Gasteiger partial charge on any atom is -0.456 e. The Morgan fingerprint density at radius 2 is 1.21 bits per heavy atom. The Kier molecular flexibility index (Phi) is 4.01. The fourth-order valence-corrected chi connectivity index (χ4v) is 3.69. The van der Waals surface area contributed by atoms with Crippen molar-refractivity contribution in [3.05, 3.63) is 91.0 Å². The normalized spacial score (nSPS) is 11.2. The van der Waals surface area contributed by atoms with Gasteiger partial charge in [0.05, 0.1) is 0 Å². The van der Waals surface area contributed by atoms with E-state index >= 15 is 0 Å². The first-order valence-corrected chi connectivity index (χ1v) is 9.18. The summed E-state index contributed by atoms with van der Waals surface area (Å²) >= 11 is 0. The first-order valence-electron chi connectivity index (χ1n) is 9.18. The summed E-state index contributed by atoms with van der Waals surface area (Å²) in [6.45, 7) is 0. The summed E-state index contributed by atoms with van der Waals surface area (Å²) in [7, 11) is -1.56. The molecule has 134 valence electrons. The molecule has 1 aromatic heterocycles. The summed E-state index contributed by atoms with van der Waals surface area (Å²) in [5.74, 6) is 0. The zero-order valence-electron chi connectivity index (χ0n) is 15.0. The van der Waals surface area contributed by atoms with Crippen LogP contribution in [0.25, 0.3) is 44.2 Å². The first kappa shape index (κ1) is 16.8. The summed E-state index contributed by atoms with van der Waals surface area (Å²) in [4.78, 5) is 0. The van der Waals surface area contributed by atoms with Gasteiger partial charge in [-0.2, -0.15) is 0 Å². The highest BCUT2D eigenvalue weighted by Crippen LogP contribution is 2.32. The van der Waals surface area contributed by atoms with Crippen molar-refractivity contribution in [2.75, 3.05) is 0 Å². The van der Waals surface area contributed by atoms with Gasteiger partial charge in [0.1, 0.15) is 11.2 Å². The second-order valence-corrected chi connectivity index (χ2v) is 6.85. The number of rotatable bonds is 3. The minimum atomic E-state index is -1.56. The maximum Gasteiger partial charge on any atom is 0.492 e. The molecule has 3 nitrogen and oxygen atoms in total. The molecule has 1 heterocycles. The van der Waals surface area contributed by atoms with Crippen molar-refractivity contribution < 1.29 is 14.5 Å². The number of fused-ring (bicyclic) bond motifs is 3. The molecule has 0 saturated carbocycles. The minimum absolute atomic E-state index is 0.377. The van der Waals surface area contributed by atoms with E-state index in [2.05, 4.69) is 42.5 Å². The van der Waals surface area contributed by atoms with Crippen LogP contribution in [0.5, 0.6) is 0 Å². The topological polar surface area (TPSA) is 53.6 Å². The Bertz CT molecular complexity index is 1270. The standard InChI is InChI=1S/C24H17BO3/c26-25(27)22-8-4-7-21-20-14-13-19(15-23(20)28-24(21)22)18-11-9-17(10-12-18)16-5-2-1-3-6-16/h1-15,26-27H. The summed E-state index contributed by atoms with van der Waals surface area (Å²) in [6, 6.07) is 30.2. The van der Waals surface area contributed by atoms with Gasteiger partial charge >= 0.3 is 7.12 Å². The Hall–Kier alpha value is -3.34. The van der Waals surface area contributed by atoms with Gasteiger partial charge < -0.3 is 14.5 Å². The van der Waals surface area contributed by atoms with Crippen LogP contribution in [-0.4, -0.2) is 17.2 Å². The summed E-state index contributed by atoms with van der Waals surface area (Å²) in [6.07, 6.45) is 0. The molecule has 0 atom stereocenters. The molecule has 0 bridgehead atoms. The van der Waals surface area contributed by atoms with E-state index in [-0.39, 0.29) is 0 Å². The van der Waals surface area contributed by atoms with E-state index in [9.17, 15) is 10.0 Å². The molecule has 0 saturated heterocycles. The van der Waals surface area contributed by atoms with Crippen molar-refractivity contribution in [3.8, 4) is 22.3 Å². The summed E-state index contributed by atoms with van der Waals surface area (Å²) in [5, 5.41) is 21.0. The van der Waals surface area contributed by atoms with Crippen LogP contribution in [-0.2, 0) is 0 Å². The SMILES string of the molecule is OB(O)c1cccc2c1oc1cc(-c3ccc(-c4ccccc4)cc3)ccc12. The predicted molar refractivity (Wildman–Crippen MR) is 114 cm³/mol. The van der Waals surface area contributed by atoms with Crippen molar-refractivity contribution in [1.29, 1.82) is 0 Å². The van der Waals surface area contributed by atoms with Crippen molar-refractivity contribution in [1.82, 2.24) is 0 Å². The van der Waals surface area contributed by atoms with Gasteiger partial charge in [-0.15, -0.1) is 0 Å². The van der Waals surface area contributed by atoms with Crippen molar-refractivity contribution in [2.45, 2.75) is 0 Å². The molecule has 4 aromatic carbocycles. The van der Waals surface area contributed by atoms with Crippen LogP contribution < -0.4 is 5.46 Å². The lowest BCUT2D eigenvalue weighted by Gasteiger charge is -2.05. The fraction of sp³-hybridized carbons (Fsp3) is 0. The molecule has 0 aliphatic rings. The van der Waals surface area contributed by atoms with Crippen LogP contribution >= 0.6 is 0 Å². The molecule has 0 spiro atoms. The quantitative estimate of drug-likeness (QED) is 0.460. The highest BCUT2D eigenvalue weighted by atomic mass is 16.4. The average molecular weight is 364 g/mol. The Morgan fingerprint density at radius 3 is 1.93 bits per heavy atom. The van der Waals surface area contributed by atoms with Crippen molar-refractivity contribution in [2.24, 2.45) is 0 Å². The van der Waals surface area contributed by atoms with Gasteiger partial charge in [-0.3, -0.25) is 0 Å². The van der Waals surface area contributed by atoms with Gasteiger partial charge in [-0.05, 0) is 34.4 Å². The third-order valence-electron chi connectivity index (χ3n) is 5.13. The maximum absolute atomic E-state index is 9.59. The highest BCUT2D eigenvalue weighted by Gasteiger charge is 2.19. The van der Waals surface area contributed by atoms with Crippen LogP contribution in [0.2, 0.25) is 0 Å². The second kappa shape index (κ2) is 6.68. The number of para-hydroxylation sites is 1. The number of benzene rings is 4. The Morgan fingerprint density at radius 1 is 0.571 bits per heavy atom. The highest BCUT2D eigenvalue weighted by molar-refractivity contribution is 6.61. The molecule has 0 unspecified atom stereocenters. The molecule has 28 heavy (non-hydrogen) atoms. The van der Waals surface area contributed by atoms with E-state index in [1.54, 1.807) is 6.07 Å². The van der Waals surface area contributed by atoms with Crippen molar-refractivity contribution in [3.63, 3.8) is 0 Å². The predicted octanol–water partition coefficient (Wildman–Crippen LogP) is 4.60. The first-order chi connectivity index (χ1) is 13.7. The Labute approximate surface area is 162 Å². The van der Waals surface area contributed by atoms with Crippen LogP contribution in [0.4, 0.5) is 0 Å². The lowest BCUT2D eigenvalue weighted by atomic mass is 9.79. The van der Waals surface area contributed by atoms with Gasteiger partial charge in [0.2, 0.25) is 0 Å². The zero-order chi connectivity index (χ0) is 19.1. The number of furan rings is 1. The largest absolute Gasteiger partial charge is 0.492 e. The van der Waals surface area contributed by atoms with Gasteiger partial charge in [-0.1, -0.05) is 78.9 Å². The summed E-state index contributed by atoms with van der Waals surface area (Å²) in [5.41, 5.74) is 6.15. The van der Waals surface area contributed by atoms with Gasteiger partial charge in [0, 0.05) is 16.2 Å². The van der Waals surface area contributed by atoms with E-state index < -0.39 is 7.12 Å². The Balaban J connectivity index is 1.58. The lowest BCUT2D eigenvalue weighted by molar-refractivity contribution is 0.425. The molecule has 5 rings (SSSR count). The smallest absolute Gasteiger partial charge is 0.456 e. The monoisotopic (exact) mass is 364 g/mol. The zero-order valence-corrected chi connectivity index (χ0v) is 15.0. The molecule has 0 aliphatic carbocycles. The molecular weight excluding hydrogens is 347 g/mol. The average Bonchev–Trinajstić information content (AvgIpc) is 3.12. The van der Waals surface area contributed by atoms with Gasteiger partial charge in [-0.25, -0.2) is 0 Å². The number of hydrogen-bond acceptors (Lipinski definition) is 3. The molecule has 5 aromatic rings. The molecule has 4 heteroatoms. The van der Waals surface area contributed by atoms with Gasteiger partial charge in [0.15, 0.2) is 0 Å². The van der Waals surface area contributed by atoms with Crippen molar-refractivity contribution >= 4 is 34.5 Å². The molecule has 0 fully saturated rings. The van der Waals surface area contributed by atoms with E-state index in [0.717, 1.165) is 27.5 Å². The molecule has 0 aliphatic heterocycles.